The van der Waals surface area contributed by atoms with E-state index in [1.165, 1.54) is 21.8 Å². The van der Waals surface area contributed by atoms with E-state index in [0.29, 0.717) is 33.4 Å². The molecule has 0 aliphatic heterocycles. The van der Waals surface area contributed by atoms with Gasteiger partial charge in [-0.3, -0.25) is 14.0 Å². The van der Waals surface area contributed by atoms with Crippen molar-refractivity contribution in [2.45, 2.75) is 20.0 Å². The van der Waals surface area contributed by atoms with Crippen LogP contribution in [0, 0.1) is 0 Å². The Labute approximate surface area is 141 Å². The van der Waals surface area contributed by atoms with Crippen molar-refractivity contribution in [1.82, 2.24) is 9.38 Å². The SMILES string of the molecule is CCC(=O)c1cc(Cl)ccc1OCc1cc(=O)n2ccsc2n1. The van der Waals surface area contributed by atoms with Crippen molar-refractivity contribution < 1.29 is 9.53 Å². The van der Waals surface area contributed by atoms with Crippen LogP contribution in [0.4, 0.5) is 0 Å². The first-order chi connectivity index (χ1) is 11.1. The number of hydrogen-bond donors (Lipinski definition) is 0. The van der Waals surface area contributed by atoms with Gasteiger partial charge >= 0.3 is 0 Å². The summed E-state index contributed by atoms with van der Waals surface area (Å²) in [6.45, 7) is 1.88. The lowest BCUT2D eigenvalue weighted by Crippen LogP contribution is -2.14. The molecule has 0 aliphatic rings. The van der Waals surface area contributed by atoms with Crippen molar-refractivity contribution in [3.63, 3.8) is 0 Å². The van der Waals surface area contributed by atoms with E-state index in [9.17, 15) is 9.59 Å². The first-order valence-electron chi connectivity index (χ1n) is 7.00. The maximum absolute atomic E-state index is 12.0. The monoisotopic (exact) mass is 348 g/mol. The number of benzene rings is 1. The number of carbonyl (C=O) groups excluding carboxylic acids is 1. The van der Waals surface area contributed by atoms with E-state index in [2.05, 4.69) is 4.98 Å². The number of thiazole rings is 1. The molecule has 118 valence electrons. The van der Waals surface area contributed by atoms with Gasteiger partial charge in [0, 0.05) is 29.1 Å². The van der Waals surface area contributed by atoms with Gasteiger partial charge in [0.2, 0.25) is 0 Å². The third kappa shape index (κ3) is 3.28. The number of carbonyl (C=O) groups is 1. The summed E-state index contributed by atoms with van der Waals surface area (Å²) >= 11 is 7.32. The van der Waals surface area contributed by atoms with Gasteiger partial charge in [-0.05, 0) is 18.2 Å². The van der Waals surface area contributed by atoms with Crippen LogP contribution in [-0.2, 0) is 6.61 Å². The highest BCUT2D eigenvalue weighted by molar-refractivity contribution is 7.15. The average molecular weight is 349 g/mol. The van der Waals surface area contributed by atoms with Gasteiger partial charge < -0.3 is 4.74 Å². The lowest BCUT2D eigenvalue weighted by atomic mass is 10.1. The molecule has 2 aromatic heterocycles. The fourth-order valence-corrected chi connectivity index (χ4v) is 3.06. The van der Waals surface area contributed by atoms with Crippen LogP contribution >= 0.6 is 22.9 Å². The molecule has 0 unspecified atom stereocenters. The maximum atomic E-state index is 12.0. The van der Waals surface area contributed by atoms with Gasteiger partial charge in [0.15, 0.2) is 10.7 Å². The Hall–Kier alpha value is -2.18. The Morgan fingerprint density at radius 3 is 3.00 bits per heavy atom. The molecule has 5 nitrogen and oxygen atoms in total. The number of ether oxygens (including phenoxy) is 1. The van der Waals surface area contributed by atoms with E-state index >= 15 is 0 Å². The lowest BCUT2D eigenvalue weighted by molar-refractivity contribution is 0.0983. The zero-order valence-electron chi connectivity index (χ0n) is 12.3. The minimum absolute atomic E-state index is 0.0516. The van der Waals surface area contributed by atoms with Crippen molar-refractivity contribution in [1.29, 1.82) is 0 Å². The molecular weight excluding hydrogens is 336 g/mol. The molecule has 0 amide bonds. The van der Waals surface area contributed by atoms with E-state index in [4.69, 9.17) is 16.3 Å². The van der Waals surface area contributed by atoms with Crippen LogP contribution < -0.4 is 10.3 Å². The van der Waals surface area contributed by atoms with E-state index in [1.54, 1.807) is 36.7 Å². The average Bonchev–Trinajstić information content (AvgIpc) is 3.02. The fraction of sp³-hybridized carbons (Fsp3) is 0.188. The zero-order chi connectivity index (χ0) is 16.4. The molecule has 3 rings (SSSR count). The molecule has 0 saturated carbocycles. The second-order valence-electron chi connectivity index (χ2n) is 4.85. The summed E-state index contributed by atoms with van der Waals surface area (Å²) in [5, 5.41) is 2.27. The Morgan fingerprint density at radius 2 is 2.22 bits per heavy atom. The number of rotatable bonds is 5. The minimum Gasteiger partial charge on any atom is -0.487 e. The molecule has 7 heteroatoms. The van der Waals surface area contributed by atoms with E-state index in [1.807, 2.05) is 0 Å². The van der Waals surface area contributed by atoms with Crippen LogP contribution in [0.5, 0.6) is 5.75 Å². The molecule has 0 N–H and O–H groups in total. The zero-order valence-corrected chi connectivity index (χ0v) is 13.9. The second-order valence-corrected chi connectivity index (χ2v) is 6.16. The molecule has 1 aromatic carbocycles. The number of hydrogen-bond acceptors (Lipinski definition) is 5. The van der Waals surface area contributed by atoms with E-state index in [0.717, 1.165) is 0 Å². The topological polar surface area (TPSA) is 60.7 Å². The quantitative estimate of drug-likeness (QED) is 0.661. The Bertz CT molecular complexity index is 932. The van der Waals surface area contributed by atoms with Crippen LogP contribution in [0.25, 0.3) is 4.96 Å². The summed E-state index contributed by atoms with van der Waals surface area (Å²) in [6, 6.07) is 6.33. The predicted molar refractivity (Wildman–Crippen MR) is 89.7 cm³/mol. The molecule has 0 bridgehead atoms. The number of nitrogens with zero attached hydrogens (tertiary/aromatic N) is 2. The van der Waals surface area contributed by atoms with E-state index < -0.39 is 0 Å². The number of halogens is 1. The summed E-state index contributed by atoms with van der Waals surface area (Å²) in [4.78, 5) is 28.9. The van der Waals surface area contributed by atoms with Crippen molar-refractivity contribution in [3.05, 3.63) is 62.5 Å². The molecule has 2 heterocycles. The highest BCUT2D eigenvalue weighted by atomic mass is 35.5. The summed E-state index contributed by atoms with van der Waals surface area (Å²) in [5.74, 6) is 0.388. The molecule has 0 saturated heterocycles. The fourth-order valence-electron chi connectivity index (χ4n) is 2.15. The molecule has 23 heavy (non-hydrogen) atoms. The highest BCUT2D eigenvalue weighted by Gasteiger charge is 2.12. The summed E-state index contributed by atoms with van der Waals surface area (Å²) < 4.78 is 7.17. The van der Waals surface area contributed by atoms with Crippen molar-refractivity contribution in [3.8, 4) is 5.75 Å². The normalized spacial score (nSPS) is 10.9. The van der Waals surface area contributed by atoms with Crippen LogP contribution in [-0.4, -0.2) is 15.2 Å². The first kappa shape index (κ1) is 15.7. The van der Waals surface area contributed by atoms with Crippen LogP contribution in [0.15, 0.2) is 40.6 Å². The minimum atomic E-state index is -0.157. The summed E-state index contributed by atoms with van der Waals surface area (Å²) in [5.41, 5.74) is 0.798. The van der Waals surface area contributed by atoms with Crippen LogP contribution in [0.3, 0.4) is 0 Å². The molecule has 0 fully saturated rings. The Kier molecular flexibility index (Phi) is 4.45. The molecule has 0 aliphatic carbocycles. The van der Waals surface area contributed by atoms with Crippen molar-refractivity contribution in [2.75, 3.05) is 0 Å². The smallest absolute Gasteiger partial charge is 0.258 e. The second kappa shape index (κ2) is 6.52. The largest absolute Gasteiger partial charge is 0.487 e. The maximum Gasteiger partial charge on any atom is 0.258 e. The molecule has 0 radical (unpaired) electrons. The number of aromatic nitrogens is 2. The molecule has 0 spiro atoms. The van der Waals surface area contributed by atoms with Gasteiger partial charge in [-0.25, -0.2) is 4.98 Å². The number of ketones is 1. The van der Waals surface area contributed by atoms with Crippen molar-refractivity contribution in [2.24, 2.45) is 0 Å². The van der Waals surface area contributed by atoms with Gasteiger partial charge in [-0.1, -0.05) is 18.5 Å². The molecule has 3 aromatic rings. The lowest BCUT2D eigenvalue weighted by Gasteiger charge is -2.10. The third-order valence-electron chi connectivity index (χ3n) is 3.29. The summed E-state index contributed by atoms with van der Waals surface area (Å²) in [7, 11) is 0. The van der Waals surface area contributed by atoms with Gasteiger partial charge in [-0.2, -0.15) is 0 Å². The standard InChI is InChI=1S/C16H13ClN2O3S/c1-2-13(20)12-7-10(17)3-4-14(12)22-9-11-8-15(21)19-5-6-23-16(19)18-11/h3-8H,2,9H2,1H3. The van der Waals surface area contributed by atoms with Crippen LogP contribution in [0.2, 0.25) is 5.02 Å². The first-order valence-corrected chi connectivity index (χ1v) is 8.25. The summed E-state index contributed by atoms with van der Waals surface area (Å²) in [6.07, 6.45) is 2.04. The van der Waals surface area contributed by atoms with Gasteiger partial charge in [0.1, 0.15) is 12.4 Å². The van der Waals surface area contributed by atoms with Gasteiger partial charge in [0.05, 0.1) is 11.3 Å². The third-order valence-corrected chi connectivity index (χ3v) is 4.29. The van der Waals surface area contributed by atoms with Gasteiger partial charge in [0.25, 0.3) is 5.56 Å². The molecular formula is C16H13ClN2O3S. The Balaban J connectivity index is 1.87. The van der Waals surface area contributed by atoms with E-state index in [-0.39, 0.29) is 17.9 Å². The van der Waals surface area contributed by atoms with Crippen molar-refractivity contribution >= 4 is 33.7 Å². The number of Topliss-reactive ketones (excluding diaryl/α,β-unsaturated/α-hetero) is 1. The predicted octanol–water partition coefficient (Wildman–Crippen LogP) is 3.58. The number of fused-ring (bicyclic) bond motifs is 1. The highest BCUT2D eigenvalue weighted by Crippen LogP contribution is 2.25. The Morgan fingerprint density at radius 1 is 1.39 bits per heavy atom. The van der Waals surface area contributed by atoms with Crippen LogP contribution in [0.1, 0.15) is 29.4 Å². The van der Waals surface area contributed by atoms with Gasteiger partial charge in [-0.15, -0.1) is 11.3 Å². The molecule has 0 atom stereocenters.